The number of hydrogen-bond acceptors (Lipinski definition) is 8. The summed E-state index contributed by atoms with van der Waals surface area (Å²) in [4.78, 5) is 11.7. The molecule has 1 N–H and O–H groups in total. The molecule has 0 radical (unpaired) electrons. The molecule has 0 spiro atoms. The lowest BCUT2D eigenvalue weighted by Crippen LogP contribution is -2.37. The van der Waals surface area contributed by atoms with Crippen LogP contribution in [-0.4, -0.2) is 59.5 Å². The van der Waals surface area contributed by atoms with Gasteiger partial charge in [-0.15, -0.1) is 0 Å². The fraction of sp³-hybridized carbons (Fsp3) is 0.519. The molecule has 2 fully saturated rings. The summed E-state index contributed by atoms with van der Waals surface area (Å²) < 4.78 is 17.0. The molecule has 1 aromatic carbocycles. The largest absolute Gasteiger partial charge is 0.493 e. The molecular formula is C27H35N5O3. The van der Waals surface area contributed by atoms with Crippen molar-refractivity contribution < 1.29 is 14.0 Å². The van der Waals surface area contributed by atoms with Gasteiger partial charge in [-0.25, -0.2) is 9.97 Å². The molecule has 1 aliphatic heterocycles. The predicted molar refractivity (Wildman–Crippen MR) is 135 cm³/mol. The van der Waals surface area contributed by atoms with Gasteiger partial charge in [0.15, 0.2) is 0 Å². The monoisotopic (exact) mass is 477 g/mol. The molecule has 3 aromatic rings. The molecule has 1 aliphatic carbocycles. The van der Waals surface area contributed by atoms with E-state index in [-0.39, 0.29) is 0 Å². The van der Waals surface area contributed by atoms with Crippen LogP contribution in [0.2, 0.25) is 0 Å². The van der Waals surface area contributed by atoms with Gasteiger partial charge in [0.2, 0.25) is 5.95 Å². The summed E-state index contributed by atoms with van der Waals surface area (Å²) in [6.07, 6.45) is 8.90. The van der Waals surface area contributed by atoms with Crippen LogP contribution >= 0.6 is 0 Å². The topological polar surface area (TPSA) is 85.5 Å². The van der Waals surface area contributed by atoms with Crippen molar-refractivity contribution in [1.29, 1.82) is 0 Å². The molecule has 8 nitrogen and oxygen atoms in total. The van der Waals surface area contributed by atoms with Gasteiger partial charge in [0.25, 0.3) is 0 Å². The van der Waals surface area contributed by atoms with Crippen LogP contribution in [0.3, 0.4) is 0 Å². The molecule has 0 unspecified atom stereocenters. The number of morpholine rings is 1. The molecule has 1 saturated heterocycles. The molecule has 0 amide bonds. The smallest absolute Gasteiger partial charge is 0.227 e. The van der Waals surface area contributed by atoms with Crippen molar-refractivity contribution in [2.75, 3.05) is 44.8 Å². The van der Waals surface area contributed by atoms with Crippen molar-refractivity contribution >= 4 is 11.6 Å². The summed E-state index contributed by atoms with van der Waals surface area (Å²) in [5.41, 5.74) is 3.79. The number of anilines is 2. The number of rotatable bonds is 9. The van der Waals surface area contributed by atoms with Crippen LogP contribution < -0.4 is 10.1 Å². The molecule has 2 aliphatic rings. The number of nitrogens with zero attached hydrogens (tertiary/aromatic N) is 4. The van der Waals surface area contributed by atoms with E-state index in [2.05, 4.69) is 20.4 Å². The second-order valence-electron chi connectivity index (χ2n) is 9.41. The van der Waals surface area contributed by atoms with E-state index in [9.17, 15) is 0 Å². The van der Waals surface area contributed by atoms with Crippen molar-refractivity contribution in [3.63, 3.8) is 0 Å². The van der Waals surface area contributed by atoms with Crippen LogP contribution in [0, 0.1) is 6.92 Å². The fourth-order valence-corrected chi connectivity index (χ4v) is 5.01. The van der Waals surface area contributed by atoms with E-state index >= 15 is 0 Å². The number of hydrogen-bond donors (Lipinski definition) is 1. The van der Waals surface area contributed by atoms with Gasteiger partial charge >= 0.3 is 0 Å². The Morgan fingerprint density at radius 1 is 1.11 bits per heavy atom. The van der Waals surface area contributed by atoms with Gasteiger partial charge in [-0.2, -0.15) is 0 Å². The van der Waals surface area contributed by atoms with Gasteiger partial charge in [0, 0.05) is 43.5 Å². The molecule has 1 saturated carbocycles. The molecule has 0 atom stereocenters. The van der Waals surface area contributed by atoms with Gasteiger partial charge in [0.05, 0.1) is 36.8 Å². The van der Waals surface area contributed by atoms with Gasteiger partial charge in [0.1, 0.15) is 11.5 Å². The molecule has 3 heterocycles. The highest BCUT2D eigenvalue weighted by Gasteiger charge is 2.25. The van der Waals surface area contributed by atoms with Gasteiger partial charge < -0.3 is 19.3 Å². The summed E-state index contributed by atoms with van der Waals surface area (Å²) >= 11 is 0. The van der Waals surface area contributed by atoms with E-state index in [1.165, 1.54) is 19.3 Å². The summed E-state index contributed by atoms with van der Waals surface area (Å²) in [5.74, 6) is 2.63. The second-order valence-corrected chi connectivity index (χ2v) is 9.41. The summed E-state index contributed by atoms with van der Waals surface area (Å²) in [7, 11) is 0. The second kappa shape index (κ2) is 11.6. The lowest BCUT2D eigenvalue weighted by molar-refractivity contribution is 0.0358. The quantitative estimate of drug-likeness (QED) is 0.414. The van der Waals surface area contributed by atoms with Crippen LogP contribution in [0.5, 0.6) is 5.75 Å². The van der Waals surface area contributed by atoms with E-state index in [1.54, 1.807) is 6.20 Å². The third-order valence-electron chi connectivity index (χ3n) is 6.87. The number of benzene rings is 1. The average Bonchev–Trinajstić information content (AvgIpc) is 3.29. The Morgan fingerprint density at radius 2 is 1.97 bits per heavy atom. The van der Waals surface area contributed by atoms with Crippen LogP contribution in [0.15, 0.2) is 41.1 Å². The number of aromatic nitrogens is 3. The highest BCUT2D eigenvalue weighted by molar-refractivity contribution is 5.66. The molecule has 8 heteroatoms. The Hall–Kier alpha value is -2.97. The Labute approximate surface area is 207 Å². The Balaban J connectivity index is 1.22. The normalized spacial score (nSPS) is 17.4. The zero-order valence-corrected chi connectivity index (χ0v) is 20.5. The molecule has 186 valence electrons. The Morgan fingerprint density at radius 3 is 2.83 bits per heavy atom. The SMILES string of the molecule is Cc1onc(C2CCCCC2)c1-c1ccnc(Nc2cccc(OCCCN3CCOCC3)c2)n1. The minimum atomic E-state index is 0.444. The zero-order chi connectivity index (χ0) is 23.9. The molecule has 5 rings (SSSR count). The molecule has 2 aromatic heterocycles. The first-order chi connectivity index (χ1) is 17.3. The first-order valence-corrected chi connectivity index (χ1v) is 12.9. The summed E-state index contributed by atoms with van der Waals surface area (Å²) in [6, 6.07) is 9.88. The van der Waals surface area contributed by atoms with Crippen LogP contribution in [-0.2, 0) is 4.74 Å². The number of nitrogens with one attached hydrogen (secondary N) is 1. The van der Waals surface area contributed by atoms with Crippen molar-refractivity contribution in [3.05, 3.63) is 48.0 Å². The highest BCUT2D eigenvalue weighted by Crippen LogP contribution is 2.38. The van der Waals surface area contributed by atoms with Gasteiger partial charge in [-0.1, -0.05) is 30.5 Å². The van der Waals surface area contributed by atoms with Crippen molar-refractivity contribution in [1.82, 2.24) is 20.0 Å². The van der Waals surface area contributed by atoms with E-state index in [0.717, 1.165) is 86.3 Å². The maximum Gasteiger partial charge on any atom is 0.227 e. The van der Waals surface area contributed by atoms with E-state index in [4.69, 9.17) is 19.0 Å². The first kappa shape index (κ1) is 23.8. The third kappa shape index (κ3) is 6.18. The maximum atomic E-state index is 6.00. The van der Waals surface area contributed by atoms with Crippen LogP contribution in [0.25, 0.3) is 11.3 Å². The van der Waals surface area contributed by atoms with Crippen LogP contribution in [0.1, 0.15) is 55.9 Å². The first-order valence-electron chi connectivity index (χ1n) is 12.9. The Kier molecular flexibility index (Phi) is 7.90. The third-order valence-corrected chi connectivity index (χ3v) is 6.87. The lowest BCUT2D eigenvalue weighted by atomic mass is 9.85. The van der Waals surface area contributed by atoms with Gasteiger partial charge in [-0.05, 0) is 44.4 Å². The summed E-state index contributed by atoms with van der Waals surface area (Å²) in [6.45, 7) is 7.36. The van der Waals surface area contributed by atoms with Crippen molar-refractivity contribution in [3.8, 4) is 17.0 Å². The van der Waals surface area contributed by atoms with Gasteiger partial charge in [-0.3, -0.25) is 4.90 Å². The molecule has 0 bridgehead atoms. The standard InChI is InChI=1S/C27H35N5O3/c1-20-25(26(31-35-20)21-7-3-2-4-8-21)24-11-12-28-27(30-24)29-22-9-5-10-23(19-22)34-16-6-13-32-14-17-33-18-15-32/h5,9-12,19,21H,2-4,6-8,13-18H2,1H3,(H,28,29,30). The zero-order valence-electron chi connectivity index (χ0n) is 20.5. The average molecular weight is 478 g/mol. The molecule has 35 heavy (non-hydrogen) atoms. The number of aryl methyl sites for hydroxylation is 1. The summed E-state index contributed by atoms with van der Waals surface area (Å²) in [5, 5.41) is 7.76. The maximum absolute atomic E-state index is 6.00. The predicted octanol–water partition coefficient (Wildman–Crippen LogP) is 5.33. The Bertz CT molecular complexity index is 1090. The minimum absolute atomic E-state index is 0.444. The van der Waals surface area contributed by atoms with E-state index in [1.807, 2.05) is 37.3 Å². The highest BCUT2D eigenvalue weighted by atomic mass is 16.5. The fourth-order valence-electron chi connectivity index (χ4n) is 5.01. The number of ether oxygens (including phenoxy) is 2. The van der Waals surface area contributed by atoms with Crippen LogP contribution in [0.4, 0.5) is 11.6 Å². The van der Waals surface area contributed by atoms with E-state index in [0.29, 0.717) is 18.5 Å². The van der Waals surface area contributed by atoms with E-state index < -0.39 is 0 Å². The minimum Gasteiger partial charge on any atom is -0.493 e. The lowest BCUT2D eigenvalue weighted by Gasteiger charge is -2.26. The van der Waals surface area contributed by atoms with Crippen molar-refractivity contribution in [2.45, 2.75) is 51.4 Å². The molecular weight excluding hydrogens is 442 g/mol. The van der Waals surface area contributed by atoms with Crippen molar-refractivity contribution in [2.24, 2.45) is 0 Å².